The summed E-state index contributed by atoms with van der Waals surface area (Å²) in [5.74, 6) is 1.59. The monoisotopic (exact) mass is 504 g/mol. The van der Waals surface area contributed by atoms with Crippen LogP contribution in [0.1, 0.15) is 187 Å². The smallest absolute Gasteiger partial charge is 0.234 e. The van der Waals surface area contributed by atoms with Gasteiger partial charge in [-0.15, -0.1) is 0 Å². The molecule has 1 rings (SSSR count). The molecule has 1 heterocycles. The Morgan fingerprint density at radius 3 is 1.28 bits per heavy atom. The third-order valence-corrected chi connectivity index (χ3v) is 8.06. The molecular weight excluding hydrogens is 436 g/mol. The normalized spacial score (nSPS) is 11.5. The van der Waals surface area contributed by atoms with Gasteiger partial charge in [0.2, 0.25) is 0 Å². The minimum Gasteiger partial charge on any atom is -0.234 e. The number of unbranched alkanes of at least 4 members (excludes halogenated alkanes) is 22. The number of aryl methyl sites for hydroxylation is 2. The first-order chi connectivity index (χ1) is 17.8. The Morgan fingerprint density at radius 2 is 0.861 bits per heavy atom. The lowest BCUT2D eigenvalue weighted by Gasteiger charge is -2.06. The maximum absolute atomic E-state index is 2.59. The molecule has 0 bridgehead atoms. The van der Waals surface area contributed by atoms with Crippen LogP contribution in [0.25, 0.3) is 0 Å². The molecule has 212 valence electrons. The van der Waals surface area contributed by atoms with Crippen molar-refractivity contribution in [3.63, 3.8) is 0 Å². The van der Waals surface area contributed by atoms with Crippen LogP contribution in [-0.2, 0) is 19.5 Å². The van der Waals surface area contributed by atoms with Gasteiger partial charge in [0.25, 0.3) is 5.82 Å². The van der Waals surface area contributed by atoms with Crippen LogP contribution in [0.4, 0.5) is 0 Å². The number of aromatic nitrogens is 2. The molecule has 0 atom stereocenters. The lowest BCUT2D eigenvalue weighted by Crippen LogP contribution is -2.37. The second kappa shape index (κ2) is 25.8. The summed E-state index contributed by atoms with van der Waals surface area (Å²) < 4.78 is 5.13. The molecule has 0 saturated heterocycles. The van der Waals surface area contributed by atoms with Crippen molar-refractivity contribution in [2.24, 2.45) is 0 Å². The predicted molar refractivity (Wildman–Crippen MR) is 161 cm³/mol. The summed E-state index contributed by atoms with van der Waals surface area (Å²) in [4.78, 5) is 0. The number of nitrogens with zero attached hydrogens (tertiary/aromatic N) is 2. The van der Waals surface area contributed by atoms with Gasteiger partial charge in [0.15, 0.2) is 0 Å². The van der Waals surface area contributed by atoms with Gasteiger partial charge in [-0.2, -0.15) is 0 Å². The van der Waals surface area contributed by atoms with Crippen molar-refractivity contribution < 1.29 is 4.57 Å². The molecule has 0 saturated carbocycles. The average Bonchev–Trinajstić information content (AvgIpc) is 3.26. The molecule has 0 aliphatic rings. The largest absolute Gasteiger partial charge is 0.256 e. The minimum absolute atomic E-state index is 1.18. The zero-order valence-corrected chi connectivity index (χ0v) is 25.3. The van der Waals surface area contributed by atoms with Crippen molar-refractivity contribution in [1.82, 2.24) is 4.57 Å². The lowest BCUT2D eigenvalue weighted by molar-refractivity contribution is -0.704. The van der Waals surface area contributed by atoms with Gasteiger partial charge >= 0.3 is 0 Å². The Hall–Kier alpha value is -0.790. The first-order valence-electron chi connectivity index (χ1n) is 16.9. The van der Waals surface area contributed by atoms with E-state index in [9.17, 15) is 0 Å². The van der Waals surface area contributed by atoms with Crippen molar-refractivity contribution in [2.45, 2.75) is 201 Å². The van der Waals surface area contributed by atoms with Crippen molar-refractivity contribution in [3.8, 4) is 0 Å². The van der Waals surface area contributed by atoms with Crippen LogP contribution >= 0.6 is 0 Å². The fourth-order valence-electron chi connectivity index (χ4n) is 5.68. The zero-order chi connectivity index (χ0) is 25.9. The molecule has 36 heavy (non-hydrogen) atoms. The molecule has 0 amide bonds. The molecule has 0 radical (unpaired) electrons. The fraction of sp³-hybridized carbons (Fsp3) is 0.912. The summed E-state index contributed by atoms with van der Waals surface area (Å²) in [6.45, 7) is 9.32. The molecule has 0 unspecified atom stereocenters. The number of rotatable bonds is 28. The van der Waals surface area contributed by atoms with E-state index >= 15 is 0 Å². The predicted octanol–water partition coefficient (Wildman–Crippen LogP) is 11.1. The molecule has 0 aromatic carbocycles. The Balaban J connectivity index is 2.09. The van der Waals surface area contributed by atoms with Gasteiger partial charge in [-0.1, -0.05) is 156 Å². The van der Waals surface area contributed by atoms with Crippen LogP contribution in [0.5, 0.6) is 0 Å². The summed E-state index contributed by atoms with van der Waals surface area (Å²) in [5, 5.41) is 0. The maximum atomic E-state index is 2.59. The molecule has 1 aromatic heterocycles. The van der Waals surface area contributed by atoms with E-state index in [1.807, 2.05) is 0 Å². The van der Waals surface area contributed by atoms with Gasteiger partial charge in [0.1, 0.15) is 12.4 Å². The highest BCUT2D eigenvalue weighted by Crippen LogP contribution is 2.14. The van der Waals surface area contributed by atoms with E-state index in [2.05, 4.69) is 42.3 Å². The van der Waals surface area contributed by atoms with Crippen LogP contribution in [0, 0.1) is 0 Å². The van der Waals surface area contributed by atoms with Gasteiger partial charge in [-0.25, -0.2) is 9.13 Å². The zero-order valence-electron chi connectivity index (χ0n) is 25.3. The second-order valence-corrected chi connectivity index (χ2v) is 11.6. The van der Waals surface area contributed by atoms with Gasteiger partial charge in [-0.05, 0) is 25.7 Å². The highest BCUT2D eigenvalue weighted by atomic mass is 15.1. The number of hydrogen-bond acceptors (Lipinski definition) is 0. The number of imidazole rings is 1. The van der Waals surface area contributed by atoms with Gasteiger partial charge in [-0.3, -0.25) is 0 Å². The summed E-state index contributed by atoms with van der Waals surface area (Å²) >= 11 is 0. The summed E-state index contributed by atoms with van der Waals surface area (Å²) in [5.41, 5.74) is 0. The quantitative estimate of drug-likeness (QED) is 0.0794. The standard InChI is InChI=1S/C34H67N2/c1-4-7-9-11-13-15-17-18-19-21-23-25-27-29-34-35(30-6-3)32-33-36(34)31-28-26-24-22-20-16-14-12-10-8-5-2/h32-33H,4-31H2,1-3H3/q+1. The third kappa shape index (κ3) is 18.5. The lowest BCUT2D eigenvalue weighted by atomic mass is 10.0. The first kappa shape index (κ1) is 33.2. The van der Waals surface area contributed by atoms with E-state index in [0.717, 1.165) is 0 Å². The van der Waals surface area contributed by atoms with Crippen LogP contribution in [0.15, 0.2) is 12.4 Å². The van der Waals surface area contributed by atoms with E-state index in [1.165, 1.54) is 180 Å². The Bertz CT molecular complexity index is 562. The van der Waals surface area contributed by atoms with Gasteiger partial charge in [0, 0.05) is 6.42 Å². The summed E-state index contributed by atoms with van der Waals surface area (Å²) in [6, 6.07) is 0. The Labute approximate surface area is 228 Å². The van der Waals surface area contributed by atoms with Crippen LogP contribution in [-0.4, -0.2) is 4.57 Å². The van der Waals surface area contributed by atoms with Crippen molar-refractivity contribution in [1.29, 1.82) is 0 Å². The first-order valence-corrected chi connectivity index (χ1v) is 16.9. The number of hydrogen-bond donors (Lipinski definition) is 0. The van der Waals surface area contributed by atoms with Gasteiger partial charge in [0.05, 0.1) is 13.1 Å². The molecule has 1 aromatic rings. The van der Waals surface area contributed by atoms with E-state index < -0.39 is 0 Å². The molecule has 0 spiro atoms. The topological polar surface area (TPSA) is 8.81 Å². The van der Waals surface area contributed by atoms with Gasteiger partial charge < -0.3 is 0 Å². The highest BCUT2D eigenvalue weighted by Gasteiger charge is 2.15. The van der Waals surface area contributed by atoms with Crippen LogP contribution < -0.4 is 4.57 Å². The fourth-order valence-corrected chi connectivity index (χ4v) is 5.68. The molecular formula is C34H67N2+. The van der Waals surface area contributed by atoms with Crippen LogP contribution in [0.2, 0.25) is 0 Å². The minimum atomic E-state index is 1.18. The highest BCUT2D eigenvalue weighted by molar-refractivity contribution is 4.84. The van der Waals surface area contributed by atoms with E-state index in [1.54, 1.807) is 5.82 Å². The Morgan fingerprint density at radius 1 is 0.472 bits per heavy atom. The van der Waals surface area contributed by atoms with Crippen molar-refractivity contribution in [3.05, 3.63) is 18.2 Å². The summed E-state index contributed by atoms with van der Waals surface area (Å²) in [6.07, 6.45) is 41.6. The van der Waals surface area contributed by atoms with Crippen LogP contribution in [0.3, 0.4) is 0 Å². The molecule has 2 heteroatoms. The van der Waals surface area contributed by atoms with E-state index in [4.69, 9.17) is 0 Å². The molecule has 0 aliphatic carbocycles. The Kier molecular flexibility index (Phi) is 23.9. The molecule has 0 N–H and O–H groups in total. The van der Waals surface area contributed by atoms with E-state index in [0.29, 0.717) is 0 Å². The average molecular weight is 504 g/mol. The van der Waals surface area contributed by atoms with Crippen molar-refractivity contribution in [2.75, 3.05) is 0 Å². The molecule has 2 nitrogen and oxygen atoms in total. The third-order valence-electron chi connectivity index (χ3n) is 8.06. The SMILES string of the molecule is CCCCCCCCCCCCCCCc1n(CCC)cc[n+]1CCCCCCCCCCCCC. The summed E-state index contributed by atoms with van der Waals surface area (Å²) in [7, 11) is 0. The molecule has 0 fully saturated rings. The van der Waals surface area contributed by atoms with E-state index in [-0.39, 0.29) is 0 Å². The second-order valence-electron chi connectivity index (χ2n) is 11.6. The van der Waals surface area contributed by atoms with Crippen molar-refractivity contribution >= 4 is 0 Å². The maximum Gasteiger partial charge on any atom is 0.256 e. The molecule has 0 aliphatic heterocycles.